The van der Waals surface area contributed by atoms with Gasteiger partial charge in [-0.25, -0.2) is 4.99 Å². The average Bonchev–Trinajstić information content (AvgIpc) is 3.01. The molecule has 1 aromatic rings. The third kappa shape index (κ3) is 6.40. The Morgan fingerprint density at radius 3 is 2.64 bits per heavy atom. The fourth-order valence-electron chi connectivity index (χ4n) is 2.91. The zero-order valence-corrected chi connectivity index (χ0v) is 18.1. The Kier molecular flexibility index (Phi) is 9.70. The Hall–Kier alpha value is -0.900. The highest BCUT2D eigenvalue weighted by Gasteiger charge is 2.34. The zero-order valence-electron chi connectivity index (χ0n) is 15.8. The molecule has 1 atom stereocenters. The van der Waals surface area contributed by atoms with Crippen molar-refractivity contribution < 1.29 is 9.26 Å². The number of nitrogens with one attached hydrogen (secondary N) is 2. The second kappa shape index (κ2) is 10.9. The maximum absolute atomic E-state index is 5.47. The zero-order chi connectivity index (χ0) is 17.4. The lowest BCUT2D eigenvalue weighted by Crippen LogP contribution is -2.46. The number of ether oxygens (including phenoxy) is 1. The van der Waals surface area contributed by atoms with Gasteiger partial charge in [-0.15, -0.1) is 24.0 Å². The van der Waals surface area contributed by atoms with E-state index in [0.717, 1.165) is 19.0 Å². The molecule has 144 valence electrons. The quantitative estimate of drug-likeness (QED) is 0.330. The predicted molar refractivity (Wildman–Crippen MR) is 109 cm³/mol. The molecule has 1 saturated carbocycles. The van der Waals surface area contributed by atoms with E-state index in [1.165, 1.54) is 25.7 Å². The number of nitrogens with zero attached hydrogens (tertiary/aromatic N) is 3. The summed E-state index contributed by atoms with van der Waals surface area (Å²) in [6.45, 7) is 11.0. The van der Waals surface area contributed by atoms with Gasteiger partial charge in [0, 0.05) is 19.7 Å². The smallest absolute Gasteiger partial charge is 0.248 e. The van der Waals surface area contributed by atoms with Crippen LogP contribution in [0.2, 0.25) is 0 Å². The monoisotopic (exact) mass is 465 g/mol. The molecule has 1 fully saturated rings. The molecule has 2 N–H and O–H groups in total. The summed E-state index contributed by atoms with van der Waals surface area (Å²) in [4.78, 5) is 8.90. The molecule has 1 aromatic heterocycles. The third-order valence-electron chi connectivity index (χ3n) is 4.78. The molecule has 1 aliphatic rings. The minimum Gasteiger partial charge on any atom is -0.371 e. The van der Waals surface area contributed by atoms with E-state index in [1.54, 1.807) is 0 Å². The standard InChI is InChI=1S/C17H31N5O2.HI/c1-5-17(9-8-10-17)12-20-16(18-6-2)19-11-14-21-15(22-24-14)13(4)23-7-3;/h13H,5-12H2,1-4H3,(H2,18,19,20);1H. The summed E-state index contributed by atoms with van der Waals surface area (Å²) in [5.41, 5.74) is 0.445. The van der Waals surface area contributed by atoms with Crippen LogP contribution in [0, 0.1) is 5.41 Å². The number of hydrogen-bond acceptors (Lipinski definition) is 5. The molecular formula is C17H32IN5O2. The maximum atomic E-state index is 5.47. The van der Waals surface area contributed by atoms with Gasteiger partial charge in [0.15, 0.2) is 11.8 Å². The Bertz CT molecular complexity index is 525. The van der Waals surface area contributed by atoms with Gasteiger partial charge in [-0.3, -0.25) is 0 Å². The van der Waals surface area contributed by atoms with Crippen LogP contribution in [0.25, 0.3) is 0 Å². The summed E-state index contributed by atoms with van der Waals surface area (Å²) in [5, 5.41) is 10.7. The van der Waals surface area contributed by atoms with Gasteiger partial charge in [0.25, 0.3) is 0 Å². The first-order chi connectivity index (χ1) is 11.6. The Labute approximate surface area is 167 Å². The second-order valence-electron chi connectivity index (χ2n) is 6.40. The Balaban J connectivity index is 0.00000312. The van der Waals surface area contributed by atoms with Gasteiger partial charge in [-0.1, -0.05) is 18.5 Å². The van der Waals surface area contributed by atoms with Crippen LogP contribution < -0.4 is 10.6 Å². The van der Waals surface area contributed by atoms with Crippen LogP contribution in [0.3, 0.4) is 0 Å². The summed E-state index contributed by atoms with van der Waals surface area (Å²) < 4.78 is 10.7. The van der Waals surface area contributed by atoms with Crippen molar-refractivity contribution in [2.75, 3.05) is 19.7 Å². The number of guanidine groups is 1. The third-order valence-corrected chi connectivity index (χ3v) is 4.78. The van der Waals surface area contributed by atoms with Gasteiger partial charge in [0.05, 0.1) is 0 Å². The van der Waals surface area contributed by atoms with Crippen LogP contribution >= 0.6 is 24.0 Å². The number of aromatic nitrogens is 2. The highest BCUT2D eigenvalue weighted by molar-refractivity contribution is 14.0. The van der Waals surface area contributed by atoms with E-state index in [4.69, 9.17) is 9.26 Å². The molecule has 1 unspecified atom stereocenters. The van der Waals surface area contributed by atoms with Crippen LogP contribution in [-0.2, 0) is 11.3 Å². The Morgan fingerprint density at radius 1 is 1.32 bits per heavy atom. The van der Waals surface area contributed by atoms with Crippen LogP contribution in [-0.4, -0.2) is 35.8 Å². The van der Waals surface area contributed by atoms with Gasteiger partial charge >= 0.3 is 0 Å². The van der Waals surface area contributed by atoms with E-state index >= 15 is 0 Å². The molecular weight excluding hydrogens is 433 g/mol. The summed E-state index contributed by atoms with van der Waals surface area (Å²) in [7, 11) is 0. The molecule has 0 bridgehead atoms. The number of rotatable bonds is 9. The molecule has 8 heteroatoms. The van der Waals surface area contributed by atoms with E-state index < -0.39 is 0 Å². The number of aliphatic imine (C=N–C) groups is 1. The van der Waals surface area contributed by atoms with Crippen LogP contribution in [0.5, 0.6) is 0 Å². The van der Waals surface area contributed by atoms with Crippen LogP contribution in [0.15, 0.2) is 9.52 Å². The molecule has 1 heterocycles. The fourth-order valence-corrected chi connectivity index (χ4v) is 2.91. The Morgan fingerprint density at radius 2 is 2.08 bits per heavy atom. The van der Waals surface area contributed by atoms with Crippen molar-refractivity contribution in [1.82, 2.24) is 20.8 Å². The molecule has 0 spiro atoms. The molecule has 25 heavy (non-hydrogen) atoms. The molecule has 0 amide bonds. The molecule has 0 radical (unpaired) electrons. The van der Waals surface area contributed by atoms with Gasteiger partial charge < -0.3 is 19.9 Å². The highest BCUT2D eigenvalue weighted by Crippen LogP contribution is 2.42. The van der Waals surface area contributed by atoms with Crippen molar-refractivity contribution in [2.45, 2.75) is 66.0 Å². The number of halogens is 1. The van der Waals surface area contributed by atoms with E-state index in [2.05, 4.69) is 39.6 Å². The normalized spacial score (nSPS) is 17.4. The highest BCUT2D eigenvalue weighted by atomic mass is 127. The van der Waals surface area contributed by atoms with E-state index in [1.807, 2.05) is 13.8 Å². The summed E-state index contributed by atoms with van der Waals surface area (Å²) in [6.07, 6.45) is 5.00. The lowest BCUT2D eigenvalue weighted by molar-refractivity contribution is 0.0683. The van der Waals surface area contributed by atoms with Crippen molar-refractivity contribution in [3.63, 3.8) is 0 Å². The topological polar surface area (TPSA) is 84.6 Å². The lowest BCUT2D eigenvalue weighted by atomic mass is 9.67. The summed E-state index contributed by atoms with van der Waals surface area (Å²) >= 11 is 0. The maximum Gasteiger partial charge on any atom is 0.248 e. The van der Waals surface area contributed by atoms with E-state index in [-0.39, 0.29) is 30.1 Å². The van der Waals surface area contributed by atoms with Gasteiger partial charge in [-0.2, -0.15) is 4.98 Å². The summed E-state index contributed by atoms with van der Waals surface area (Å²) in [6, 6.07) is 0. The lowest BCUT2D eigenvalue weighted by Gasteiger charge is -2.41. The molecule has 0 aliphatic heterocycles. The van der Waals surface area contributed by atoms with Crippen molar-refractivity contribution in [3.05, 3.63) is 11.7 Å². The van der Waals surface area contributed by atoms with Crippen molar-refractivity contribution in [1.29, 1.82) is 0 Å². The van der Waals surface area contributed by atoms with Crippen molar-refractivity contribution >= 4 is 29.9 Å². The van der Waals surface area contributed by atoms with Gasteiger partial charge in [0.2, 0.25) is 5.89 Å². The number of hydrogen-bond donors (Lipinski definition) is 2. The first kappa shape index (κ1) is 22.1. The first-order valence-electron chi connectivity index (χ1n) is 9.08. The molecule has 2 rings (SSSR count). The molecule has 1 aliphatic carbocycles. The van der Waals surface area contributed by atoms with Crippen LogP contribution in [0.1, 0.15) is 71.2 Å². The van der Waals surface area contributed by atoms with Crippen molar-refractivity contribution in [3.8, 4) is 0 Å². The summed E-state index contributed by atoms with van der Waals surface area (Å²) in [5.74, 6) is 1.87. The second-order valence-corrected chi connectivity index (χ2v) is 6.40. The van der Waals surface area contributed by atoms with Crippen LogP contribution in [0.4, 0.5) is 0 Å². The van der Waals surface area contributed by atoms with Crippen molar-refractivity contribution in [2.24, 2.45) is 10.4 Å². The molecule has 0 saturated heterocycles. The SMILES string of the molecule is CCNC(=NCc1nc(C(C)OCC)no1)NCC1(CC)CCC1.I. The first-order valence-corrected chi connectivity index (χ1v) is 9.08. The molecule has 7 nitrogen and oxygen atoms in total. The minimum absolute atomic E-state index is 0. The fraction of sp³-hybridized carbons (Fsp3) is 0.824. The predicted octanol–water partition coefficient (Wildman–Crippen LogP) is 3.42. The van der Waals surface area contributed by atoms with E-state index in [9.17, 15) is 0 Å². The molecule has 0 aromatic carbocycles. The average molecular weight is 465 g/mol. The van der Waals surface area contributed by atoms with Gasteiger partial charge in [-0.05, 0) is 45.4 Å². The minimum atomic E-state index is -0.161. The van der Waals surface area contributed by atoms with Gasteiger partial charge in [0.1, 0.15) is 12.6 Å². The largest absolute Gasteiger partial charge is 0.371 e. The van der Waals surface area contributed by atoms with E-state index in [0.29, 0.717) is 30.3 Å².